The Balaban J connectivity index is -0.0000135. The molecular formula is C36H72Na2O14S3. The van der Waals surface area contributed by atoms with Crippen LogP contribution in [0.4, 0.5) is 0 Å². The fraction of sp³-hybridized carbons (Fsp3) is 1.00. The fourth-order valence-corrected chi connectivity index (χ4v) is 7.16. The third-order valence-electron chi connectivity index (χ3n) is 8.36. The van der Waals surface area contributed by atoms with E-state index in [1.165, 1.54) is 64.2 Å². The van der Waals surface area contributed by atoms with Crippen molar-refractivity contribution in [3.63, 3.8) is 0 Å². The van der Waals surface area contributed by atoms with Gasteiger partial charge in [0.1, 0.15) is 12.2 Å². The van der Waals surface area contributed by atoms with Crippen LogP contribution in [0.3, 0.4) is 0 Å². The van der Waals surface area contributed by atoms with Gasteiger partial charge in [0, 0.05) is 37.9 Å². The maximum Gasteiger partial charge on any atom is 1.00 e. The van der Waals surface area contributed by atoms with E-state index in [-0.39, 0.29) is 136 Å². The van der Waals surface area contributed by atoms with Crippen molar-refractivity contribution >= 4 is 30.1 Å². The van der Waals surface area contributed by atoms with Gasteiger partial charge in [-0.05, 0) is 25.7 Å². The van der Waals surface area contributed by atoms with Gasteiger partial charge in [0.25, 0.3) is 0 Å². The molecule has 0 aliphatic rings. The summed E-state index contributed by atoms with van der Waals surface area (Å²) in [6.45, 7) is 5.81. The summed E-state index contributed by atoms with van der Waals surface area (Å²) in [5.74, 6) is -1.57. The van der Waals surface area contributed by atoms with Crippen LogP contribution in [0.5, 0.6) is 0 Å². The molecule has 0 aromatic rings. The topological polar surface area (TPSA) is 204 Å². The molecule has 0 rings (SSSR count). The van der Waals surface area contributed by atoms with Gasteiger partial charge in [-0.15, -0.1) is 0 Å². The molecule has 0 spiro atoms. The van der Waals surface area contributed by atoms with E-state index in [0.29, 0.717) is 13.2 Å². The van der Waals surface area contributed by atoms with Crippen molar-refractivity contribution in [1.29, 1.82) is 0 Å². The summed E-state index contributed by atoms with van der Waals surface area (Å²) in [7, 11) is -12.2. The summed E-state index contributed by atoms with van der Waals surface area (Å²) >= 11 is 0. The standard InChI is InChI=1S/C36H74O14S3.2Na/c1-3-5-7-9-11-13-15-17-21-45-31-35(49-23-19-27-52(39,40)41)33-47-25-29-51(37,38)30-26-48-34-36(50-24-20-28-53(42,43)44)32-46-22-18-16-14-12-10-8-6-4-2;;/h35-36H,3-34H2,1-2H3,(H,39,40,41)(H,42,43,44);;/q;2*+1/p-2. The summed E-state index contributed by atoms with van der Waals surface area (Å²) in [5, 5.41) is 0. The molecule has 0 N–H and O–H groups in total. The molecule has 0 saturated heterocycles. The molecule has 0 saturated carbocycles. The summed E-state index contributed by atoms with van der Waals surface area (Å²) < 4.78 is 125. The summed E-state index contributed by atoms with van der Waals surface area (Å²) in [6.07, 6.45) is 17.6. The first kappa shape index (κ1) is 60.8. The third kappa shape index (κ3) is 48.1. The smallest absolute Gasteiger partial charge is 0.748 e. The quantitative estimate of drug-likeness (QED) is 0.0427. The van der Waals surface area contributed by atoms with Crippen molar-refractivity contribution < 1.29 is 122 Å². The average molecular weight is 871 g/mol. The van der Waals surface area contributed by atoms with Gasteiger partial charge in [-0.2, -0.15) is 0 Å². The number of unbranched alkanes of at least 4 members (excludes halogenated alkanes) is 14. The molecule has 0 heterocycles. The van der Waals surface area contributed by atoms with Crippen molar-refractivity contribution in [2.75, 3.05) is 89.1 Å². The number of hydrogen-bond acceptors (Lipinski definition) is 14. The molecular weight excluding hydrogens is 799 g/mol. The molecule has 2 atom stereocenters. The second-order valence-electron chi connectivity index (χ2n) is 13.6. The Bertz CT molecular complexity index is 1060. The molecule has 0 aliphatic carbocycles. The van der Waals surface area contributed by atoms with E-state index in [0.717, 1.165) is 38.5 Å². The Kier molecular flexibility index (Phi) is 45.2. The first-order valence-corrected chi connectivity index (χ1v) is 24.9. The molecule has 0 bridgehead atoms. The van der Waals surface area contributed by atoms with Gasteiger partial charge < -0.3 is 37.5 Å². The predicted molar refractivity (Wildman–Crippen MR) is 205 cm³/mol. The van der Waals surface area contributed by atoms with Crippen LogP contribution >= 0.6 is 0 Å². The average Bonchev–Trinajstić information content (AvgIpc) is 3.08. The van der Waals surface area contributed by atoms with Gasteiger partial charge >= 0.3 is 59.1 Å². The predicted octanol–water partition coefficient (Wildman–Crippen LogP) is -0.602. The molecule has 0 aromatic heterocycles. The number of hydrogen-bond donors (Lipinski definition) is 0. The van der Waals surface area contributed by atoms with E-state index in [9.17, 15) is 34.4 Å². The van der Waals surface area contributed by atoms with Gasteiger partial charge in [-0.1, -0.05) is 104 Å². The minimum Gasteiger partial charge on any atom is -0.748 e. The molecule has 0 fully saturated rings. The zero-order valence-electron chi connectivity index (χ0n) is 34.7. The van der Waals surface area contributed by atoms with Crippen molar-refractivity contribution in [2.45, 2.75) is 142 Å². The van der Waals surface area contributed by atoms with Gasteiger partial charge in [0.15, 0.2) is 9.84 Å². The van der Waals surface area contributed by atoms with Crippen molar-refractivity contribution in [3.05, 3.63) is 0 Å². The molecule has 2 unspecified atom stereocenters. The Morgan fingerprint density at radius 2 is 0.673 bits per heavy atom. The first-order valence-electron chi connectivity index (χ1n) is 19.9. The SMILES string of the molecule is CCCCCCCCCCOCC(COCCS(=O)(=O)CCOCC(COCCCCCCCCCC)OCCCS(=O)(=O)[O-])OCCCS(=O)(=O)[O-].[Na+].[Na+]. The number of sulfone groups is 1. The van der Waals surface area contributed by atoms with Gasteiger partial charge in [0.2, 0.25) is 0 Å². The maximum atomic E-state index is 12.6. The maximum absolute atomic E-state index is 12.6. The first-order chi connectivity index (χ1) is 25.3. The Hall–Kier alpha value is 1.53. The normalized spacial score (nSPS) is 13.3. The Morgan fingerprint density at radius 3 is 0.982 bits per heavy atom. The second-order valence-corrected chi connectivity index (χ2v) is 19.0. The van der Waals surface area contributed by atoms with Crippen molar-refractivity contribution in [3.8, 4) is 0 Å². The third-order valence-corrected chi connectivity index (χ3v) is 11.5. The van der Waals surface area contributed by atoms with E-state index in [2.05, 4.69) is 13.8 Å². The molecule has 19 heteroatoms. The van der Waals surface area contributed by atoms with E-state index >= 15 is 0 Å². The minimum absolute atomic E-state index is 0. The second kappa shape index (κ2) is 40.9. The van der Waals surface area contributed by atoms with E-state index in [1.807, 2.05) is 0 Å². The minimum atomic E-state index is -4.35. The van der Waals surface area contributed by atoms with Crippen LogP contribution in [-0.4, -0.2) is 136 Å². The van der Waals surface area contributed by atoms with Gasteiger partial charge in [-0.3, -0.25) is 0 Å². The fourth-order valence-electron chi connectivity index (χ4n) is 5.27. The Labute approximate surface area is 379 Å². The largest absolute Gasteiger partial charge is 1.00 e. The van der Waals surface area contributed by atoms with E-state index in [1.54, 1.807) is 0 Å². The molecule has 55 heavy (non-hydrogen) atoms. The summed E-state index contributed by atoms with van der Waals surface area (Å²) in [5.41, 5.74) is 0. The molecule has 0 aliphatic heterocycles. The van der Waals surface area contributed by atoms with Crippen LogP contribution in [0.15, 0.2) is 0 Å². The van der Waals surface area contributed by atoms with Crippen LogP contribution in [0.25, 0.3) is 0 Å². The zero-order valence-corrected chi connectivity index (χ0v) is 41.2. The Morgan fingerprint density at radius 1 is 0.382 bits per heavy atom. The molecule has 320 valence electrons. The monoisotopic (exact) mass is 870 g/mol. The van der Waals surface area contributed by atoms with E-state index in [4.69, 9.17) is 28.4 Å². The van der Waals surface area contributed by atoms with Gasteiger partial charge in [0.05, 0.1) is 71.4 Å². The number of ether oxygens (including phenoxy) is 6. The summed E-state index contributed by atoms with van der Waals surface area (Å²) in [6, 6.07) is 0. The van der Waals surface area contributed by atoms with Crippen LogP contribution in [0.1, 0.15) is 129 Å². The number of rotatable bonds is 42. The van der Waals surface area contributed by atoms with Crippen LogP contribution in [0, 0.1) is 0 Å². The molecule has 0 aromatic carbocycles. The van der Waals surface area contributed by atoms with Crippen LogP contribution in [-0.2, 0) is 58.5 Å². The van der Waals surface area contributed by atoms with Crippen LogP contribution in [0.2, 0.25) is 0 Å². The van der Waals surface area contributed by atoms with Gasteiger partial charge in [-0.25, -0.2) is 25.3 Å². The zero-order chi connectivity index (χ0) is 39.5. The van der Waals surface area contributed by atoms with Crippen LogP contribution < -0.4 is 59.1 Å². The molecule has 0 amide bonds. The molecule has 0 radical (unpaired) electrons. The van der Waals surface area contributed by atoms with Crippen molar-refractivity contribution in [1.82, 2.24) is 0 Å². The van der Waals surface area contributed by atoms with Crippen molar-refractivity contribution in [2.24, 2.45) is 0 Å². The summed E-state index contributed by atoms with van der Waals surface area (Å²) in [4.78, 5) is 0. The van der Waals surface area contributed by atoms with E-state index < -0.39 is 53.8 Å². The molecule has 14 nitrogen and oxygen atoms in total.